The molecule has 1 aliphatic heterocycles. The van der Waals surface area contributed by atoms with Crippen molar-refractivity contribution in [1.29, 1.82) is 0 Å². The molecule has 3 heterocycles. The van der Waals surface area contributed by atoms with Crippen molar-refractivity contribution in [2.45, 2.75) is 50.7 Å². The molecule has 1 saturated heterocycles. The summed E-state index contributed by atoms with van der Waals surface area (Å²) in [5.74, 6) is 0. The van der Waals surface area contributed by atoms with Gasteiger partial charge in [0.2, 0.25) is 0 Å². The van der Waals surface area contributed by atoms with Gasteiger partial charge in [0.15, 0.2) is 0 Å². The van der Waals surface area contributed by atoms with Gasteiger partial charge in [-0.3, -0.25) is 4.98 Å². The van der Waals surface area contributed by atoms with Gasteiger partial charge in [0.25, 0.3) is 10.0 Å². The van der Waals surface area contributed by atoms with Crippen molar-refractivity contribution in [3.8, 4) is 0 Å². The van der Waals surface area contributed by atoms with Crippen molar-refractivity contribution >= 4 is 33.5 Å². The van der Waals surface area contributed by atoms with E-state index in [0.29, 0.717) is 16.4 Å². The zero-order valence-electron chi connectivity index (χ0n) is 16.6. The lowest BCUT2D eigenvalue weighted by Gasteiger charge is -2.32. The fourth-order valence-corrected chi connectivity index (χ4v) is 4.63. The van der Waals surface area contributed by atoms with Gasteiger partial charge in [-0.2, -0.15) is 0 Å². The van der Waals surface area contributed by atoms with Crippen LogP contribution in [0.1, 0.15) is 33.3 Å². The summed E-state index contributed by atoms with van der Waals surface area (Å²) in [5, 5.41) is 0.691. The lowest BCUT2D eigenvalue weighted by Crippen LogP contribution is -2.41. The largest absolute Gasteiger partial charge is 0.497 e. The van der Waals surface area contributed by atoms with Gasteiger partial charge in [-0.05, 0) is 52.8 Å². The number of fused-ring (bicyclic) bond motifs is 1. The third-order valence-corrected chi connectivity index (χ3v) is 7.38. The molecule has 0 aliphatic carbocycles. The second-order valence-corrected chi connectivity index (χ2v) is 9.99. The molecule has 1 fully saturated rings. The topological polar surface area (TPSA) is 70.4 Å². The minimum Gasteiger partial charge on any atom is -0.399 e. The van der Waals surface area contributed by atoms with E-state index in [1.165, 1.54) is 3.97 Å². The number of benzene rings is 1. The standard InChI is InChI=1S/C20H23BN2O4S/c1-14-6-8-15(9-7-14)28(24,25)23-13-17(16-12-22-11-10-18(16)23)21-26-19(2,3)20(4,5)27-21/h6-13H,1-5H3. The van der Waals surface area contributed by atoms with Crippen LogP contribution in [-0.4, -0.2) is 35.7 Å². The molecule has 146 valence electrons. The Morgan fingerprint density at radius 2 is 1.61 bits per heavy atom. The lowest BCUT2D eigenvalue weighted by atomic mass is 9.79. The molecule has 0 radical (unpaired) electrons. The van der Waals surface area contributed by atoms with E-state index in [-0.39, 0.29) is 4.90 Å². The average molecular weight is 398 g/mol. The summed E-state index contributed by atoms with van der Waals surface area (Å²) >= 11 is 0. The van der Waals surface area contributed by atoms with Gasteiger partial charge in [-0.25, -0.2) is 12.4 Å². The highest BCUT2D eigenvalue weighted by Gasteiger charge is 2.52. The van der Waals surface area contributed by atoms with E-state index in [2.05, 4.69) is 4.98 Å². The first-order chi connectivity index (χ1) is 13.0. The quantitative estimate of drug-likeness (QED) is 0.635. The molecule has 6 nitrogen and oxygen atoms in total. The molecule has 0 unspecified atom stereocenters. The van der Waals surface area contributed by atoms with Gasteiger partial charge >= 0.3 is 7.12 Å². The molecule has 8 heteroatoms. The molecule has 0 bridgehead atoms. The average Bonchev–Trinajstić information content (AvgIpc) is 3.10. The van der Waals surface area contributed by atoms with Crippen LogP contribution in [0.3, 0.4) is 0 Å². The number of aromatic nitrogens is 2. The summed E-state index contributed by atoms with van der Waals surface area (Å²) in [6, 6.07) is 8.50. The van der Waals surface area contributed by atoms with Crippen LogP contribution in [0.15, 0.2) is 53.8 Å². The van der Waals surface area contributed by atoms with Gasteiger partial charge in [0.05, 0.1) is 21.6 Å². The molecule has 1 aliphatic rings. The molecule has 4 rings (SSSR count). The molecular weight excluding hydrogens is 375 g/mol. The maximum Gasteiger partial charge on any atom is 0.497 e. The number of hydrogen-bond acceptors (Lipinski definition) is 5. The first kappa shape index (κ1) is 19.2. The van der Waals surface area contributed by atoms with Crippen LogP contribution in [-0.2, 0) is 19.3 Å². The minimum absolute atomic E-state index is 0.229. The molecular formula is C20H23BN2O4S. The van der Waals surface area contributed by atoms with Crippen molar-refractivity contribution in [2.24, 2.45) is 0 Å². The monoisotopic (exact) mass is 398 g/mol. The van der Waals surface area contributed by atoms with Crippen LogP contribution in [0.5, 0.6) is 0 Å². The second kappa shape index (κ2) is 6.17. The third-order valence-electron chi connectivity index (χ3n) is 5.69. The summed E-state index contributed by atoms with van der Waals surface area (Å²) in [7, 11) is -4.45. The molecule has 28 heavy (non-hydrogen) atoms. The Kier molecular flexibility index (Phi) is 4.23. The van der Waals surface area contributed by atoms with E-state index in [4.69, 9.17) is 9.31 Å². The number of pyridine rings is 1. The van der Waals surface area contributed by atoms with Crippen molar-refractivity contribution in [3.63, 3.8) is 0 Å². The van der Waals surface area contributed by atoms with Gasteiger partial charge < -0.3 is 9.31 Å². The van der Waals surface area contributed by atoms with Crippen molar-refractivity contribution in [2.75, 3.05) is 0 Å². The summed E-state index contributed by atoms with van der Waals surface area (Å²) in [6.45, 7) is 9.78. The Balaban J connectivity index is 1.88. The van der Waals surface area contributed by atoms with Crippen LogP contribution in [0.25, 0.3) is 10.9 Å². The van der Waals surface area contributed by atoms with Crippen LogP contribution >= 0.6 is 0 Å². The Morgan fingerprint density at radius 1 is 1.00 bits per heavy atom. The Morgan fingerprint density at radius 3 is 2.21 bits per heavy atom. The first-order valence-electron chi connectivity index (χ1n) is 9.16. The molecule has 3 aromatic rings. The SMILES string of the molecule is Cc1ccc(S(=O)(=O)n2cc(B3OC(C)(C)C(C)(C)O3)c3cnccc32)cc1. The van der Waals surface area contributed by atoms with E-state index in [1.807, 2.05) is 34.6 Å². The van der Waals surface area contributed by atoms with E-state index in [1.54, 1.807) is 48.9 Å². The highest BCUT2D eigenvalue weighted by atomic mass is 32.2. The maximum atomic E-state index is 13.3. The smallest absolute Gasteiger partial charge is 0.399 e. The molecule has 1 aromatic carbocycles. The van der Waals surface area contributed by atoms with Crippen LogP contribution in [0, 0.1) is 6.92 Å². The maximum absolute atomic E-state index is 13.3. The van der Waals surface area contributed by atoms with Crippen LogP contribution in [0.4, 0.5) is 0 Å². The fraction of sp³-hybridized carbons (Fsp3) is 0.350. The Bertz CT molecular complexity index is 1130. The van der Waals surface area contributed by atoms with E-state index in [0.717, 1.165) is 5.56 Å². The van der Waals surface area contributed by atoms with Crippen LogP contribution < -0.4 is 5.46 Å². The predicted octanol–water partition coefficient (Wildman–Crippen LogP) is 2.88. The summed E-state index contributed by atoms with van der Waals surface area (Å²) in [6.07, 6.45) is 4.82. The summed E-state index contributed by atoms with van der Waals surface area (Å²) in [4.78, 5) is 4.41. The number of aryl methyl sites for hydroxylation is 1. The van der Waals surface area contributed by atoms with E-state index < -0.39 is 28.3 Å². The van der Waals surface area contributed by atoms with Crippen molar-refractivity contribution in [1.82, 2.24) is 8.96 Å². The second-order valence-electron chi connectivity index (χ2n) is 8.18. The predicted molar refractivity (Wildman–Crippen MR) is 109 cm³/mol. The van der Waals surface area contributed by atoms with Gasteiger partial charge in [0.1, 0.15) is 0 Å². The third kappa shape index (κ3) is 2.87. The van der Waals surface area contributed by atoms with Crippen molar-refractivity contribution in [3.05, 3.63) is 54.5 Å². The van der Waals surface area contributed by atoms with E-state index >= 15 is 0 Å². The zero-order valence-corrected chi connectivity index (χ0v) is 17.4. The fourth-order valence-electron chi connectivity index (χ4n) is 3.25. The molecule has 0 amide bonds. The molecule has 0 saturated carbocycles. The Hall–Kier alpha value is -2.16. The highest BCUT2D eigenvalue weighted by molar-refractivity contribution is 7.90. The lowest BCUT2D eigenvalue weighted by molar-refractivity contribution is 0.00578. The molecule has 0 N–H and O–H groups in total. The summed E-state index contributed by atoms with van der Waals surface area (Å²) in [5.41, 5.74) is 1.14. The van der Waals surface area contributed by atoms with Gasteiger partial charge in [-0.15, -0.1) is 0 Å². The highest BCUT2D eigenvalue weighted by Crippen LogP contribution is 2.37. The van der Waals surface area contributed by atoms with Crippen molar-refractivity contribution < 1.29 is 17.7 Å². The minimum atomic E-state index is -3.77. The van der Waals surface area contributed by atoms with E-state index in [9.17, 15) is 8.42 Å². The molecule has 0 atom stereocenters. The molecule has 2 aromatic heterocycles. The molecule has 0 spiro atoms. The normalized spacial score (nSPS) is 18.7. The Labute approximate surface area is 165 Å². The van der Waals surface area contributed by atoms with Crippen LogP contribution in [0.2, 0.25) is 0 Å². The number of nitrogens with zero attached hydrogens (tertiary/aromatic N) is 2. The number of hydrogen-bond donors (Lipinski definition) is 0. The van der Waals surface area contributed by atoms with Gasteiger partial charge in [-0.1, -0.05) is 17.7 Å². The number of rotatable bonds is 3. The van der Waals surface area contributed by atoms with Gasteiger partial charge in [0, 0.05) is 29.4 Å². The summed E-state index contributed by atoms with van der Waals surface area (Å²) < 4.78 is 40.2. The first-order valence-corrected chi connectivity index (χ1v) is 10.6. The zero-order chi connectivity index (χ0) is 20.3.